The van der Waals surface area contributed by atoms with Gasteiger partial charge in [-0.25, -0.2) is 0 Å². The summed E-state index contributed by atoms with van der Waals surface area (Å²) in [6.07, 6.45) is 0.723. The molecule has 36 heavy (non-hydrogen) atoms. The second-order valence-corrected chi connectivity index (χ2v) is 9.88. The summed E-state index contributed by atoms with van der Waals surface area (Å²) >= 11 is 0. The van der Waals surface area contributed by atoms with Crippen LogP contribution in [0, 0.1) is 0 Å². The first-order chi connectivity index (χ1) is 17.6. The molecule has 0 bridgehead atoms. The summed E-state index contributed by atoms with van der Waals surface area (Å²) < 4.78 is 0. The van der Waals surface area contributed by atoms with Crippen molar-refractivity contribution in [1.82, 2.24) is 4.98 Å². The summed E-state index contributed by atoms with van der Waals surface area (Å²) in [6.45, 7) is 0. The molecule has 1 heterocycles. The lowest BCUT2D eigenvalue weighted by Crippen LogP contribution is -2.29. The summed E-state index contributed by atoms with van der Waals surface area (Å²) in [6, 6.07) is 38.2. The molecule has 0 unspecified atom stereocenters. The first kappa shape index (κ1) is 21.3. The van der Waals surface area contributed by atoms with Gasteiger partial charge in [-0.05, 0) is 56.6 Å². The van der Waals surface area contributed by atoms with Gasteiger partial charge in [-0.1, -0.05) is 103 Å². The molecule has 3 heteroatoms. The van der Waals surface area contributed by atoms with Crippen molar-refractivity contribution < 1.29 is 10.2 Å². The number of nitrogens with zero attached hydrogens (tertiary/aromatic N) is 1. The van der Waals surface area contributed by atoms with E-state index in [9.17, 15) is 10.2 Å². The Labute approximate surface area is 210 Å². The van der Waals surface area contributed by atoms with Crippen LogP contribution >= 0.6 is 0 Å². The third-order valence-corrected chi connectivity index (χ3v) is 7.81. The van der Waals surface area contributed by atoms with Gasteiger partial charge in [0.25, 0.3) is 0 Å². The molecule has 0 saturated heterocycles. The molecule has 1 aromatic heterocycles. The molecule has 0 spiro atoms. The first-order valence-electron chi connectivity index (χ1n) is 12.4. The Hall–Kier alpha value is -4.05. The smallest absolute Gasteiger partial charge is 0.121 e. The van der Waals surface area contributed by atoms with E-state index in [0.717, 1.165) is 55.9 Å². The zero-order chi connectivity index (χ0) is 24.3. The van der Waals surface area contributed by atoms with Gasteiger partial charge in [0.15, 0.2) is 0 Å². The van der Waals surface area contributed by atoms with E-state index in [0.29, 0.717) is 12.8 Å². The van der Waals surface area contributed by atoms with Gasteiger partial charge in [-0.3, -0.25) is 4.98 Å². The molecule has 0 atom stereocenters. The molecule has 0 saturated carbocycles. The number of hydrogen-bond donors (Lipinski definition) is 2. The number of hydrogen-bond acceptors (Lipinski definition) is 3. The first-order valence-corrected chi connectivity index (χ1v) is 12.4. The van der Waals surface area contributed by atoms with Gasteiger partial charge in [-0.15, -0.1) is 0 Å². The Morgan fingerprint density at radius 3 is 1.06 bits per heavy atom. The van der Waals surface area contributed by atoms with Gasteiger partial charge in [0.05, 0.1) is 0 Å². The van der Waals surface area contributed by atoms with Gasteiger partial charge in [-0.2, -0.15) is 0 Å². The maximum absolute atomic E-state index is 12.0. The molecule has 5 aromatic rings. The van der Waals surface area contributed by atoms with Gasteiger partial charge in [0.1, 0.15) is 11.2 Å². The van der Waals surface area contributed by atoms with Gasteiger partial charge in [0, 0.05) is 24.2 Å². The van der Waals surface area contributed by atoms with Gasteiger partial charge >= 0.3 is 0 Å². The highest BCUT2D eigenvalue weighted by Crippen LogP contribution is 2.50. The summed E-state index contributed by atoms with van der Waals surface area (Å²) in [4.78, 5) is 4.96. The maximum atomic E-state index is 12.0. The minimum Gasteiger partial charge on any atom is -0.380 e. The van der Waals surface area contributed by atoms with Crippen LogP contribution in [0.15, 0.2) is 115 Å². The Morgan fingerprint density at radius 1 is 0.417 bits per heavy atom. The lowest BCUT2D eigenvalue weighted by Gasteiger charge is -2.27. The Kier molecular flexibility index (Phi) is 4.56. The minimum atomic E-state index is -1.15. The summed E-state index contributed by atoms with van der Waals surface area (Å²) in [7, 11) is 0. The van der Waals surface area contributed by atoms with Crippen molar-refractivity contribution in [2.24, 2.45) is 0 Å². The van der Waals surface area contributed by atoms with Crippen molar-refractivity contribution in [2.75, 3.05) is 0 Å². The minimum absolute atomic E-state index is 0.362. The molecule has 0 aliphatic heterocycles. The van der Waals surface area contributed by atoms with Crippen LogP contribution in [0.4, 0.5) is 0 Å². The predicted molar refractivity (Wildman–Crippen MR) is 141 cm³/mol. The van der Waals surface area contributed by atoms with Gasteiger partial charge in [0.2, 0.25) is 0 Å². The summed E-state index contributed by atoms with van der Waals surface area (Å²) in [5.74, 6) is 0. The van der Waals surface area contributed by atoms with Crippen molar-refractivity contribution in [2.45, 2.75) is 24.0 Å². The van der Waals surface area contributed by atoms with Crippen LogP contribution in [0.2, 0.25) is 0 Å². The highest BCUT2D eigenvalue weighted by molar-refractivity contribution is 5.81. The molecule has 0 fully saturated rings. The molecule has 3 nitrogen and oxygen atoms in total. The highest BCUT2D eigenvalue weighted by atomic mass is 16.3. The third-order valence-electron chi connectivity index (χ3n) is 7.81. The number of rotatable bonds is 4. The Morgan fingerprint density at radius 2 is 0.722 bits per heavy atom. The van der Waals surface area contributed by atoms with E-state index in [4.69, 9.17) is 4.98 Å². The Balaban J connectivity index is 1.27. The molecule has 4 aromatic carbocycles. The highest BCUT2D eigenvalue weighted by Gasteiger charge is 2.43. The second-order valence-electron chi connectivity index (χ2n) is 9.88. The third kappa shape index (κ3) is 2.97. The average Bonchev–Trinajstić information content (AvgIpc) is 3.31. The molecular formula is C33H25NO2. The standard InChI is InChI=1S/C33H25NO2/c35-32(28-16-5-1-12-24(28)25-13-2-6-17-29(25)32)20-22-10-9-11-23(34-22)21-33(36)30-18-7-3-14-26(30)27-15-4-8-19-31(27)33/h1-19,35-36H,20-21H2. The van der Waals surface area contributed by atoms with Crippen molar-refractivity contribution in [3.8, 4) is 22.3 Å². The van der Waals surface area contributed by atoms with Crippen LogP contribution in [-0.2, 0) is 24.0 Å². The van der Waals surface area contributed by atoms with E-state index in [1.807, 2.05) is 91.0 Å². The monoisotopic (exact) mass is 467 g/mol. The fraction of sp³-hybridized carbons (Fsp3) is 0.121. The fourth-order valence-corrected chi connectivity index (χ4v) is 6.24. The van der Waals surface area contributed by atoms with Crippen LogP contribution in [0.25, 0.3) is 22.3 Å². The predicted octanol–water partition coefficient (Wildman–Crippen LogP) is 6.00. The number of aromatic nitrogens is 1. The lowest BCUT2D eigenvalue weighted by atomic mass is 9.85. The zero-order valence-electron chi connectivity index (χ0n) is 19.7. The van der Waals surface area contributed by atoms with Crippen LogP contribution < -0.4 is 0 Å². The zero-order valence-corrected chi connectivity index (χ0v) is 19.7. The quantitative estimate of drug-likeness (QED) is 0.341. The molecule has 2 N–H and O–H groups in total. The summed E-state index contributed by atoms with van der Waals surface area (Å²) in [5.41, 5.74) is 7.22. The maximum Gasteiger partial charge on any atom is 0.121 e. The lowest BCUT2D eigenvalue weighted by molar-refractivity contribution is 0.0825. The van der Waals surface area contributed by atoms with Crippen LogP contribution in [0.1, 0.15) is 33.6 Å². The average molecular weight is 468 g/mol. The topological polar surface area (TPSA) is 53.4 Å². The number of benzene rings is 4. The van der Waals surface area contributed by atoms with E-state index < -0.39 is 11.2 Å². The second kappa shape index (κ2) is 7.72. The Bertz CT molecular complexity index is 1430. The molecular weight excluding hydrogens is 442 g/mol. The van der Waals surface area contributed by atoms with E-state index in [-0.39, 0.29) is 0 Å². The fourth-order valence-electron chi connectivity index (χ4n) is 6.24. The summed E-state index contributed by atoms with van der Waals surface area (Å²) in [5, 5.41) is 24.1. The molecule has 2 aliphatic carbocycles. The molecule has 2 aliphatic rings. The normalized spacial score (nSPS) is 15.6. The van der Waals surface area contributed by atoms with Crippen molar-refractivity contribution in [3.63, 3.8) is 0 Å². The van der Waals surface area contributed by atoms with Crippen LogP contribution in [0.5, 0.6) is 0 Å². The molecule has 0 amide bonds. The molecule has 174 valence electrons. The van der Waals surface area contributed by atoms with E-state index in [2.05, 4.69) is 24.3 Å². The number of aliphatic hydroxyl groups is 2. The molecule has 0 radical (unpaired) electrons. The number of pyridine rings is 1. The largest absolute Gasteiger partial charge is 0.380 e. The SMILES string of the molecule is OC1(Cc2cccc(CC3(O)c4ccccc4-c4ccccc43)n2)c2ccccc2-c2ccccc21. The molecule has 7 rings (SSSR count). The van der Waals surface area contributed by atoms with Crippen molar-refractivity contribution >= 4 is 0 Å². The van der Waals surface area contributed by atoms with E-state index in [1.165, 1.54) is 0 Å². The van der Waals surface area contributed by atoms with E-state index in [1.54, 1.807) is 0 Å². The number of fused-ring (bicyclic) bond motifs is 6. The van der Waals surface area contributed by atoms with Crippen LogP contribution in [0.3, 0.4) is 0 Å². The van der Waals surface area contributed by atoms with E-state index >= 15 is 0 Å². The van der Waals surface area contributed by atoms with Crippen LogP contribution in [-0.4, -0.2) is 15.2 Å². The van der Waals surface area contributed by atoms with Crippen molar-refractivity contribution in [3.05, 3.63) is 149 Å². The van der Waals surface area contributed by atoms with Gasteiger partial charge < -0.3 is 10.2 Å². The van der Waals surface area contributed by atoms with Crippen molar-refractivity contribution in [1.29, 1.82) is 0 Å².